The summed E-state index contributed by atoms with van der Waals surface area (Å²) in [5.41, 5.74) is 0.645. The number of carbonyl (C=O) groups is 1. The smallest absolute Gasteiger partial charge is 0.237 e. The Morgan fingerprint density at radius 1 is 1.42 bits per heavy atom. The van der Waals surface area contributed by atoms with E-state index in [2.05, 4.69) is 6.92 Å². The van der Waals surface area contributed by atoms with Gasteiger partial charge in [-0.25, -0.2) is 4.39 Å². The first-order valence-corrected chi connectivity index (χ1v) is 6.57. The number of unbranched alkanes of at least 4 members (excludes halogenated alkanes) is 1. The molecule has 1 heterocycles. The maximum absolute atomic E-state index is 12.9. The second-order valence-corrected chi connectivity index (χ2v) is 4.91. The van der Waals surface area contributed by atoms with Gasteiger partial charge in [0.2, 0.25) is 5.91 Å². The Kier molecular flexibility index (Phi) is 4.37. The number of carbonyl (C=O) groups excluding carboxylic acids is 1. The number of phenolic OH excluding ortho intramolecular Hbond substituents is 1. The normalized spacial score (nSPS) is 16.3. The number of benzene rings is 1. The van der Waals surface area contributed by atoms with E-state index in [1.807, 2.05) is 9.80 Å². The molecule has 4 nitrogen and oxygen atoms in total. The van der Waals surface area contributed by atoms with Gasteiger partial charge in [0.15, 0.2) is 0 Å². The van der Waals surface area contributed by atoms with Gasteiger partial charge in [0.05, 0.1) is 13.2 Å². The van der Waals surface area contributed by atoms with Gasteiger partial charge in [0.25, 0.3) is 0 Å². The van der Waals surface area contributed by atoms with E-state index >= 15 is 0 Å². The molecular formula is C14H19FN2O2. The van der Waals surface area contributed by atoms with Crippen LogP contribution in [0.4, 0.5) is 4.39 Å². The summed E-state index contributed by atoms with van der Waals surface area (Å²) in [6, 6.07) is 3.98. The van der Waals surface area contributed by atoms with Crippen molar-refractivity contribution in [2.24, 2.45) is 0 Å². The average Bonchev–Trinajstić information content (AvgIpc) is 2.71. The van der Waals surface area contributed by atoms with Gasteiger partial charge in [-0.15, -0.1) is 0 Å². The van der Waals surface area contributed by atoms with Crippen LogP contribution in [0.5, 0.6) is 5.75 Å². The topological polar surface area (TPSA) is 43.8 Å². The van der Waals surface area contributed by atoms with Gasteiger partial charge >= 0.3 is 0 Å². The highest BCUT2D eigenvalue weighted by molar-refractivity contribution is 5.80. The lowest BCUT2D eigenvalue weighted by Crippen LogP contribution is -2.28. The first-order chi connectivity index (χ1) is 9.10. The van der Waals surface area contributed by atoms with E-state index in [0.29, 0.717) is 25.3 Å². The van der Waals surface area contributed by atoms with Gasteiger partial charge in [0, 0.05) is 24.7 Å². The van der Waals surface area contributed by atoms with E-state index in [0.717, 1.165) is 25.5 Å². The molecule has 0 atom stereocenters. The van der Waals surface area contributed by atoms with Crippen molar-refractivity contribution in [3.05, 3.63) is 29.6 Å². The number of aromatic hydroxyl groups is 1. The monoisotopic (exact) mass is 266 g/mol. The van der Waals surface area contributed by atoms with Crippen molar-refractivity contribution in [2.45, 2.75) is 26.3 Å². The summed E-state index contributed by atoms with van der Waals surface area (Å²) in [6.45, 7) is 4.27. The van der Waals surface area contributed by atoms with Gasteiger partial charge < -0.3 is 10.0 Å². The molecule has 19 heavy (non-hydrogen) atoms. The standard InChI is InChI=1S/C14H19FN2O2/c1-2-3-6-17-10-16(9-14(17)19)8-11-4-5-12(15)7-13(11)18/h4-5,7,18H,2-3,6,8-10H2,1H3. The Hall–Kier alpha value is -1.62. The zero-order valence-corrected chi connectivity index (χ0v) is 11.1. The summed E-state index contributed by atoms with van der Waals surface area (Å²) >= 11 is 0. The number of amides is 1. The van der Waals surface area contributed by atoms with Crippen LogP contribution in [0.15, 0.2) is 18.2 Å². The van der Waals surface area contributed by atoms with Crippen LogP contribution in [0.25, 0.3) is 0 Å². The first-order valence-electron chi connectivity index (χ1n) is 6.57. The maximum Gasteiger partial charge on any atom is 0.237 e. The van der Waals surface area contributed by atoms with E-state index in [1.54, 1.807) is 6.07 Å². The quantitative estimate of drug-likeness (QED) is 0.885. The molecule has 0 aromatic heterocycles. The summed E-state index contributed by atoms with van der Waals surface area (Å²) in [4.78, 5) is 15.6. The zero-order valence-electron chi connectivity index (χ0n) is 11.1. The van der Waals surface area contributed by atoms with Crippen LogP contribution in [0.3, 0.4) is 0 Å². The Labute approximate surface area is 112 Å². The molecule has 1 fully saturated rings. The minimum atomic E-state index is -0.455. The molecule has 1 aliphatic rings. The summed E-state index contributed by atoms with van der Waals surface area (Å²) < 4.78 is 12.9. The Balaban J connectivity index is 1.95. The van der Waals surface area contributed by atoms with Gasteiger partial charge in [-0.2, -0.15) is 0 Å². The van der Waals surface area contributed by atoms with E-state index in [1.165, 1.54) is 6.07 Å². The second-order valence-electron chi connectivity index (χ2n) is 4.91. The molecule has 1 aromatic carbocycles. The predicted molar refractivity (Wildman–Crippen MR) is 70.0 cm³/mol. The predicted octanol–water partition coefficient (Wildman–Crippen LogP) is 1.93. The third-order valence-electron chi connectivity index (χ3n) is 3.31. The lowest BCUT2D eigenvalue weighted by atomic mass is 10.2. The molecule has 1 amide bonds. The van der Waals surface area contributed by atoms with Crippen LogP contribution in [0.1, 0.15) is 25.3 Å². The molecule has 2 rings (SSSR count). The average molecular weight is 266 g/mol. The van der Waals surface area contributed by atoms with Crippen LogP contribution < -0.4 is 0 Å². The Morgan fingerprint density at radius 2 is 2.21 bits per heavy atom. The Bertz CT molecular complexity index is 465. The molecule has 1 aromatic rings. The molecule has 104 valence electrons. The molecule has 1 saturated heterocycles. The van der Waals surface area contributed by atoms with Crippen molar-refractivity contribution in [3.63, 3.8) is 0 Å². The van der Waals surface area contributed by atoms with Crippen molar-refractivity contribution in [2.75, 3.05) is 19.8 Å². The lowest BCUT2D eigenvalue weighted by Gasteiger charge is -2.18. The SMILES string of the molecule is CCCCN1CN(Cc2ccc(F)cc2O)CC1=O. The third-order valence-corrected chi connectivity index (χ3v) is 3.31. The highest BCUT2D eigenvalue weighted by Crippen LogP contribution is 2.21. The summed E-state index contributed by atoms with van der Waals surface area (Å²) in [5, 5.41) is 9.66. The summed E-state index contributed by atoms with van der Waals surface area (Å²) in [6.07, 6.45) is 2.06. The number of phenols is 1. The van der Waals surface area contributed by atoms with Crippen molar-refractivity contribution in [1.82, 2.24) is 9.80 Å². The van der Waals surface area contributed by atoms with E-state index in [9.17, 15) is 14.3 Å². The van der Waals surface area contributed by atoms with Crippen LogP contribution in [-0.2, 0) is 11.3 Å². The summed E-state index contributed by atoms with van der Waals surface area (Å²) in [5.74, 6) is -0.391. The zero-order chi connectivity index (χ0) is 13.8. The Morgan fingerprint density at radius 3 is 2.89 bits per heavy atom. The van der Waals surface area contributed by atoms with Crippen LogP contribution in [0, 0.1) is 5.82 Å². The molecule has 0 spiro atoms. The van der Waals surface area contributed by atoms with Gasteiger partial charge in [-0.1, -0.05) is 19.4 Å². The van der Waals surface area contributed by atoms with Crippen molar-refractivity contribution < 1.29 is 14.3 Å². The molecule has 1 aliphatic heterocycles. The molecule has 0 bridgehead atoms. The molecule has 0 radical (unpaired) electrons. The van der Waals surface area contributed by atoms with Crippen molar-refractivity contribution in [1.29, 1.82) is 0 Å². The van der Waals surface area contributed by atoms with Crippen molar-refractivity contribution in [3.8, 4) is 5.75 Å². The molecule has 1 N–H and O–H groups in total. The number of hydrogen-bond donors (Lipinski definition) is 1. The number of rotatable bonds is 5. The number of halogens is 1. The van der Waals surface area contributed by atoms with Crippen LogP contribution in [0.2, 0.25) is 0 Å². The van der Waals surface area contributed by atoms with Gasteiger partial charge in [-0.3, -0.25) is 9.69 Å². The van der Waals surface area contributed by atoms with E-state index in [-0.39, 0.29) is 11.7 Å². The fourth-order valence-corrected chi connectivity index (χ4v) is 2.22. The number of nitrogens with zero attached hydrogens (tertiary/aromatic N) is 2. The maximum atomic E-state index is 12.9. The highest BCUT2D eigenvalue weighted by Gasteiger charge is 2.27. The van der Waals surface area contributed by atoms with Gasteiger partial charge in [0.1, 0.15) is 11.6 Å². The van der Waals surface area contributed by atoms with Crippen LogP contribution in [-0.4, -0.2) is 40.6 Å². The summed E-state index contributed by atoms with van der Waals surface area (Å²) in [7, 11) is 0. The molecule has 0 saturated carbocycles. The van der Waals surface area contributed by atoms with Crippen molar-refractivity contribution >= 4 is 5.91 Å². The molecule has 0 unspecified atom stereocenters. The highest BCUT2D eigenvalue weighted by atomic mass is 19.1. The first kappa shape index (κ1) is 13.8. The molecule has 0 aliphatic carbocycles. The fourth-order valence-electron chi connectivity index (χ4n) is 2.22. The second kappa shape index (κ2) is 6.02. The largest absolute Gasteiger partial charge is 0.508 e. The van der Waals surface area contributed by atoms with Crippen LogP contribution >= 0.6 is 0 Å². The minimum absolute atomic E-state index is 0.0561. The van der Waals surface area contributed by atoms with E-state index in [4.69, 9.17) is 0 Å². The lowest BCUT2D eigenvalue weighted by molar-refractivity contribution is -0.126. The fraction of sp³-hybridized carbons (Fsp3) is 0.500. The van der Waals surface area contributed by atoms with E-state index < -0.39 is 5.82 Å². The number of hydrogen-bond acceptors (Lipinski definition) is 3. The molecular weight excluding hydrogens is 247 g/mol. The third kappa shape index (κ3) is 3.44. The van der Waals surface area contributed by atoms with Gasteiger partial charge in [-0.05, 0) is 12.5 Å². The minimum Gasteiger partial charge on any atom is -0.508 e. The molecule has 5 heteroatoms.